The topological polar surface area (TPSA) is 237 Å². The molecule has 624 valence electrons. The van der Waals surface area contributed by atoms with E-state index in [1.807, 2.05) is 0 Å². The van der Waals surface area contributed by atoms with E-state index in [1.165, 1.54) is 276 Å². The van der Waals surface area contributed by atoms with Gasteiger partial charge in [0.15, 0.2) is 12.2 Å². The number of phosphoric acid groups is 2. The van der Waals surface area contributed by atoms with Crippen molar-refractivity contribution in [3.05, 3.63) is 0 Å². The van der Waals surface area contributed by atoms with Crippen LogP contribution in [0.25, 0.3) is 0 Å². The molecule has 0 aliphatic rings. The molecule has 3 N–H and O–H groups in total. The number of aliphatic hydroxyl groups excluding tert-OH is 1. The Labute approximate surface area is 645 Å². The van der Waals surface area contributed by atoms with E-state index < -0.39 is 97.5 Å². The van der Waals surface area contributed by atoms with E-state index in [2.05, 4.69) is 41.5 Å². The number of rotatable bonds is 85. The second kappa shape index (κ2) is 77.4. The van der Waals surface area contributed by atoms with Gasteiger partial charge in [-0.1, -0.05) is 408 Å². The molecule has 0 heterocycles. The lowest BCUT2D eigenvalue weighted by Gasteiger charge is -2.21. The summed E-state index contributed by atoms with van der Waals surface area (Å²) in [6.07, 6.45) is 69.3. The van der Waals surface area contributed by atoms with Crippen LogP contribution in [0, 0.1) is 11.8 Å². The molecule has 0 aliphatic heterocycles. The highest BCUT2D eigenvalue weighted by atomic mass is 31.2. The summed E-state index contributed by atoms with van der Waals surface area (Å²) < 4.78 is 68.9. The molecule has 0 spiro atoms. The van der Waals surface area contributed by atoms with Crippen LogP contribution >= 0.6 is 15.6 Å². The summed E-state index contributed by atoms with van der Waals surface area (Å²) >= 11 is 0. The number of aliphatic hydroxyl groups is 1. The standard InChI is InChI=1S/C86H168O17P2/c1-7-9-11-13-15-17-19-20-21-24-28-33-39-45-51-57-63-69-84(89)97-75-82(103-85(90)70-64-58-52-46-40-34-29-26-23-22-25-27-31-37-42-48-54-60-66-78(3)4)77-101-105(94,95)99-73-80(87)72-98-104(92,93)100-76-81(74-96-83(88)68-62-56-50-44-36-18-16-14-12-10-8-2)102-86(91)71-65-59-53-47-41-35-30-32-38-43-49-55-61-67-79(5)6/h78-82,87H,7-77H2,1-6H3,(H,92,93)(H,94,95)/t80-,81+,82+/m0/s1. The van der Waals surface area contributed by atoms with Crippen molar-refractivity contribution in [3.63, 3.8) is 0 Å². The summed E-state index contributed by atoms with van der Waals surface area (Å²) in [5, 5.41) is 10.7. The van der Waals surface area contributed by atoms with E-state index >= 15 is 0 Å². The average Bonchev–Trinajstić information content (AvgIpc) is 0.909. The van der Waals surface area contributed by atoms with E-state index in [1.54, 1.807) is 0 Å². The third kappa shape index (κ3) is 79.9. The Morgan fingerprint density at radius 3 is 0.648 bits per heavy atom. The lowest BCUT2D eigenvalue weighted by molar-refractivity contribution is -0.161. The maximum atomic E-state index is 13.1. The third-order valence-corrected chi connectivity index (χ3v) is 22.1. The molecule has 105 heavy (non-hydrogen) atoms. The highest BCUT2D eigenvalue weighted by Gasteiger charge is 2.30. The molecule has 0 saturated heterocycles. The molecular weight excluding hydrogens is 1370 g/mol. The first kappa shape index (κ1) is 103. The van der Waals surface area contributed by atoms with E-state index in [-0.39, 0.29) is 25.7 Å². The lowest BCUT2D eigenvalue weighted by Crippen LogP contribution is -2.30. The van der Waals surface area contributed by atoms with Crippen LogP contribution < -0.4 is 0 Å². The summed E-state index contributed by atoms with van der Waals surface area (Å²) in [5.74, 6) is -0.493. The summed E-state index contributed by atoms with van der Waals surface area (Å²) in [6.45, 7) is 9.72. The Morgan fingerprint density at radius 2 is 0.438 bits per heavy atom. The van der Waals surface area contributed by atoms with Gasteiger partial charge in [-0.25, -0.2) is 9.13 Å². The van der Waals surface area contributed by atoms with Crippen LogP contribution in [-0.4, -0.2) is 96.7 Å². The lowest BCUT2D eigenvalue weighted by atomic mass is 10.0. The minimum absolute atomic E-state index is 0.108. The molecule has 17 nitrogen and oxygen atoms in total. The molecule has 0 bridgehead atoms. The molecule has 0 aromatic rings. The van der Waals surface area contributed by atoms with E-state index in [9.17, 15) is 43.2 Å². The van der Waals surface area contributed by atoms with Gasteiger partial charge < -0.3 is 33.8 Å². The number of hydrogen-bond acceptors (Lipinski definition) is 15. The van der Waals surface area contributed by atoms with Gasteiger partial charge in [0.05, 0.1) is 26.4 Å². The van der Waals surface area contributed by atoms with Gasteiger partial charge in [0.1, 0.15) is 19.3 Å². The van der Waals surface area contributed by atoms with Crippen molar-refractivity contribution in [2.75, 3.05) is 39.6 Å². The zero-order valence-electron chi connectivity index (χ0n) is 69.0. The number of carbonyl (C=O) groups is 4. The number of unbranched alkanes of at least 4 members (excludes halogenated alkanes) is 55. The molecular formula is C86H168O17P2. The fraction of sp³-hybridized carbons (Fsp3) is 0.953. The minimum atomic E-state index is -4.97. The van der Waals surface area contributed by atoms with E-state index in [4.69, 9.17) is 37.0 Å². The Balaban J connectivity index is 5.24. The molecule has 0 aromatic carbocycles. The summed E-state index contributed by atoms with van der Waals surface area (Å²) in [4.78, 5) is 73.2. The maximum Gasteiger partial charge on any atom is 0.472 e. The quantitative estimate of drug-likeness (QED) is 0.0222. The van der Waals surface area contributed by atoms with Crippen LogP contribution in [0.3, 0.4) is 0 Å². The van der Waals surface area contributed by atoms with Crippen LogP contribution in [0.1, 0.15) is 459 Å². The van der Waals surface area contributed by atoms with Crippen LogP contribution in [0.15, 0.2) is 0 Å². The van der Waals surface area contributed by atoms with Crippen LogP contribution in [0.5, 0.6) is 0 Å². The maximum absolute atomic E-state index is 13.1. The molecule has 5 atom stereocenters. The Morgan fingerprint density at radius 1 is 0.257 bits per heavy atom. The second-order valence-electron chi connectivity index (χ2n) is 31.9. The van der Waals surface area contributed by atoms with Gasteiger partial charge in [0.2, 0.25) is 0 Å². The zero-order chi connectivity index (χ0) is 77.1. The Hall–Kier alpha value is -1.94. The Bertz CT molecular complexity index is 2010. The van der Waals surface area contributed by atoms with Crippen molar-refractivity contribution in [2.45, 2.75) is 477 Å². The molecule has 0 fully saturated rings. The molecule has 2 unspecified atom stereocenters. The highest BCUT2D eigenvalue weighted by molar-refractivity contribution is 7.47. The second-order valence-corrected chi connectivity index (χ2v) is 34.8. The third-order valence-electron chi connectivity index (χ3n) is 20.2. The normalized spacial score (nSPS) is 13.8. The van der Waals surface area contributed by atoms with Crippen molar-refractivity contribution < 1.29 is 80.2 Å². The number of hydrogen-bond donors (Lipinski definition) is 3. The van der Waals surface area contributed by atoms with Gasteiger partial charge in [0, 0.05) is 25.7 Å². The first-order valence-corrected chi connectivity index (χ1v) is 47.5. The van der Waals surface area contributed by atoms with Crippen molar-refractivity contribution in [3.8, 4) is 0 Å². The molecule has 0 aromatic heterocycles. The number of phosphoric ester groups is 2. The van der Waals surface area contributed by atoms with Crippen molar-refractivity contribution in [1.82, 2.24) is 0 Å². The Kier molecular flexibility index (Phi) is 76.0. The molecule has 0 rings (SSSR count). The molecule has 19 heteroatoms. The number of ether oxygens (including phenoxy) is 4. The number of carbonyl (C=O) groups excluding carboxylic acids is 4. The molecule has 0 saturated carbocycles. The van der Waals surface area contributed by atoms with Crippen LogP contribution in [-0.2, 0) is 65.4 Å². The summed E-state index contributed by atoms with van der Waals surface area (Å²) in [6, 6.07) is 0. The van der Waals surface area contributed by atoms with Gasteiger partial charge >= 0.3 is 39.5 Å². The average molecular weight is 1540 g/mol. The van der Waals surface area contributed by atoms with E-state index in [0.29, 0.717) is 25.7 Å². The highest BCUT2D eigenvalue weighted by Crippen LogP contribution is 2.45. The van der Waals surface area contributed by atoms with Crippen LogP contribution in [0.2, 0.25) is 0 Å². The van der Waals surface area contributed by atoms with Gasteiger partial charge in [-0.2, -0.15) is 0 Å². The first-order valence-electron chi connectivity index (χ1n) is 44.5. The summed E-state index contributed by atoms with van der Waals surface area (Å²) in [5.41, 5.74) is 0. The van der Waals surface area contributed by atoms with Gasteiger partial charge in [0.25, 0.3) is 0 Å². The van der Waals surface area contributed by atoms with E-state index in [0.717, 1.165) is 102 Å². The van der Waals surface area contributed by atoms with Gasteiger partial charge in [-0.05, 0) is 37.5 Å². The minimum Gasteiger partial charge on any atom is -0.462 e. The molecule has 0 aliphatic carbocycles. The van der Waals surface area contributed by atoms with Gasteiger partial charge in [-0.15, -0.1) is 0 Å². The zero-order valence-corrected chi connectivity index (χ0v) is 70.8. The fourth-order valence-corrected chi connectivity index (χ4v) is 15.0. The predicted molar refractivity (Wildman–Crippen MR) is 432 cm³/mol. The monoisotopic (exact) mass is 1540 g/mol. The smallest absolute Gasteiger partial charge is 0.462 e. The van der Waals surface area contributed by atoms with Crippen LogP contribution in [0.4, 0.5) is 0 Å². The fourth-order valence-electron chi connectivity index (χ4n) is 13.4. The predicted octanol–water partition coefficient (Wildman–Crippen LogP) is 26.2. The largest absolute Gasteiger partial charge is 0.472 e. The SMILES string of the molecule is CCCCCCCCCCCCCCCCCCCC(=O)OC[C@H](COP(=O)(O)OC[C@@H](O)COP(=O)(O)OC[C@@H](COC(=O)CCCCCCCCCCCCC)OC(=O)CCCCCCCCCCCCCCCC(C)C)OC(=O)CCCCCCCCCCCCCCCCCCCCC(C)C. The van der Waals surface area contributed by atoms with Gasteiger partial charge in [-0.3, -0.25) is 37.3 Å². The number of esters is 4. The molecule has 0 amide bonds. The van der Waals surface area contributed by atoms with Crippen molar-refractivity contribution in [1.29, 1.82) is 0 Å². The first-order chi connectivity index (χ1) is 50.9. The van der Waals surface area contributed by atoms with Crippen molar-refractivity contribution >= 4 is 39.5 Å². The van der Waals surface area contributed by atoms with Crippen molar-refractivity contribution in [2.24, 2.45) is 11.8 Å². The molecule has 0 radical (unpaired) electrons. The summed E-state index contributed by atoms with van der Waals surface area (Å²) in [7, 11) is -9.93.